The summed E-state index contributed by atoms with van der Waals surface area (Å²) in [4.78, 5) is 0. The van der Waals surface area contributed by atoms with E-state index in [1.807, 2.05) is 0 Å². The predicted molar refractivity (Wildman–Crippen MR) is 104 cm³/mol. The average molecular weight is 324 g/mol. The van der Waals surface area contributed by atoms with Gasteiger partial charge in [0.1, 0.15) is 0 Å². The van der Waals surface area contributed by atoms with Gasteiger partial charge in [-0.05, 0) is 19.3 Å². The summed E-state index contributed by atoms with van der Waals surface area (Å²) in [6.07, 6.45) is 27.6. The van der Waals surface area contributed by atoms with Crippen LogP contribution in [0.1, 0.15) is 122 Å². The van der Waals surface area contributed by atoms with E-state index in [0.717, 1.165) is 12.8 Å². The largest absolute Gasteiger partial charge is 0.396 e. The molecule has 0 rings (SSSR count). The first-order valence-corrected chi connectivity index (χ1v) is 10.6. The van der Waals surface area contributed by atoms with Crippen LogP contribution in [0.15, 0.2) is 6.08 Å². The minimum absolute atomic E-state index is 0.369. The van der Waals surface area contributed by atoms with Crippen molar-refractivity contribution in [1.82, 2.24) is 0 Å². The Morgan fingerprint density at radius 1 is 0.435 bits per heavy atom. The summed E-state index contributed by atoms with van der Waals surface area (Å²) in [5, 5.41) is 8.70. The molecule has 0 saturated heterocycles. The molecule has 1 N–H and O–H groups in total. The molecule has 0 unspecified atom stereocenters. The van der Waals surface area contributed by atoms with Gasteiger partial charge in [-0.3, -0.25) is 0 Å². The van der Waals surface area contributed by atoms with E-state index in [2.05, 4.69) is 0 Å². The number of allylic oxidation sites excluding steroid dienone is 1. The first-order valence-electron chi connectivity index (χ1n) is 10.6. The molecule has 0 aromatic heterocycles. The zero-order valence-corrected chi connectivity index (χ0v) is 15.7. The van der Waals surface area contributed by atoms with Gasteiger partial charge in [-0.2, -0.15) is 0 Å². The van der Waals surface area contributed by atoms with Crippen LogP contribution in [-0.2, 0) is 0 Å². The second kappa shape index (κ2) is 21.7. The molecule has 0 aliphatic rings. The highest BCUT2D eigenvalue weighted by atomic mass is 16.2. The molecule has 137 valence electrons. The summed E-state index contributed by atoms with van der Waals surface area (Å²) in [5.74, 6) is 0. The summed E-state index contributed by atoms with van der Waals surface area (Å²) < 4.78 is 0. The van der Waals surface area contributed by atoms with Gasteiger partial charge >= 0.3 is 0 Å². The lowest BCUT2D eigenvalue weighted by Crippen LogP contribution is -1.85. The highest BCUT2D eigenvalue weighted by molar-refractivity contribution is 4.61. The third kappa shape index (κ3) is 21.7. The van der Waals surface area contributed by atoms with Crippen LogP contribution in [0.25, 0.3) is 0 Å². The minimum atomic E-state index is 0.369. The fourth-order valence-corrected chi connectivity index (χ4v) is 3.20. The molecule has 0 heterocycles. The van der Waals surface area contributed by atoms with Crippen LogP contribution in [0, 0.1) is 6.58 Å². The van der Waals surface area contributed by atoms with Gasteiger partial charge in [-0.25, -0.2) is 0 Å². The number of rotatable bonds is 20. The maximum Gasteiger partial charge on any atom is 0.0431 e. The molecule has 0 fully saturated rings. The predicted octanol–water partition coefficient (Wildman–Crippen LogP) is 7.38. The van der Waals surface area contributed by atoms with Crippen molar-refractivity contribution in [3.63, 3.8) is 0 Å². The van der Waals surface area contributed by atoms with E-state index in [4.69, 9.17) is 11.7 Å². The number of hydrogen-bond donors (Lipinski definition) is 1. The van der Waals surface area contributed by atoms with E-state index < -0.39 is 0 Å². The molecule has 1 heteroatoms. The van der Waals surface area contributed by atoms with E-state index in [1.165, 1.54) is 109 Å². The molecular formula is C22H43O. The lowest BCUT2D eigenvalue weighted by atomic mass is 10.0. The van der Waals surface area contributed by atoms with Crippen molar-refractivity contribution in [3.8, 4) is 0 Å². The topological polar surface area (TPSA) is 20.2 Å². The molecule has 1 radical (unpaired) electrons. The third-order valence-corrected chi connectivity index (χ3v) is 4.78. The summed E-state index contributed by atoms with van der Waals surface area (Å²) in [7, 11) is 0. The molecule has 0 aliphatic heterocycles. The molecule has 0 atom stereocenters. The second-order valence-electron chi connectivity index (χ2n) is 7.11. The molecule has 0 amide bonds. The van der Waals surface area contributed by atoms with Crippen molar-refractivity contribution in [2.24, 2.45) is 0 Å². The van der Waals surface area contributed by atoms with E-state index in [0.29, 0.717) is 6.61 Å². The Bertz CT molecular complexity index is 212. The molecule has 0 saturated carbocycles. The third-order valence-electron chi connectivity index (χ3n) is 4.78. The average Bonchev–Trinajstić information content (AvgIpc) is 2.57. The van der Waals surface area contributed by atoms with Crippen molar-refractivity contribution < 1.29 is 5.11 Å². The Labute approximate surface area is 147 Å². The maximum atomic E-state index is 8.70. The summed E-state index contributed by atoms with van der Waals surface area (Å²) in [5.41, 5.74) is 0. The van der Waals surface area contributed by atoms with Gasteiger partial charge in [0.15, 0.2) is 0 Å². The number of aliphatic hydroxyl groups excluding tert-OH is 1. The standard InChI is InChI=1S/C22H43O/c1-2-3-4-5-6-7-8-9-10-11-12-13-14-15-16-17-18-19-20-21-22-23/h1-2,23H,3-22H2. The van der Waals surface area contributed by atoms with Crippen LogP contribution >= 0.6 is 0 Å². The first-order chi connectivity index (χ1) is 11.4. The zero-order valence-electron chi connectivity index (χ0n) is 15.7. The van der Waals surface area contributed by atoms with E-state index in [1.54, 1.807) is 6.08 Å². The van der Waals surface area contributed by atoms with Crippen LogP contribution in [0.4, 0.5) is 0 Å². The normalized spacial score (nSPS) is 11.0. The number of aliphatic hydroxyl groups is 1. The highest BCUT2D eigenvalue weighted by Gasteiger charge is 1.95. The first kappa shape index (κ1) is 22.7. The summed E-state index contributed by atoms with van der Waals surface area (Å²) >= 11 is 0. The quantitative estimate of drug-likeness (QED) is 0.232. The van der Waals surface area contributed by atoms with Crippen LogP contribution in [0.3, 0.4) is 0 Å². The Morgan fingerprint density at radius 2 is 0.696 bits per heavy atom. The Kier molecular flexibility index (Phi) is 21.4. The van der Waals surface area contributed by atoms with Crippen LogP contribution < -0.4 is 0 Å². The minimum Gasteiger partial charge on any atom is -0.396 e. The SMILES string of the molecule is [CH]=CCCCCCCCCCCCCCCCCCCCCO. The van der Waals surface area contributed by atoms with Crippen molar-refractivity contribution >= 4 is 0 Å². The van der Waals surface area contributed by atoms with Crippen molar-refractivity contribution in [1.29, 1.82) is 0 Å². The highest BCUT2D eigenvalue weighted by Crippen LogP contribution is 2.14. The molecular weight excluding hydrogens is 280 g/mol. The lowest BCUT2D eigenvalue weighted by molar-refractivity contribution is 0.282. The van der Waals surface area contributed by atoms with Crippen LogP contribution in [0.2, 0.25) is 0 Å². The van der Waals surface area contributed by atoms with Gasteiger partial charge in [0.05, 0.1) is 0 Å². The van der Waals surface area contributed by atoms with Gasteiger partial charge in [-0.1, -0.05) is 115 Å². The van der Waals surface area contributed by atoms with E-state index >= 15 is 0 Å². The van der Waals surface area contributed by atoms with Crippen molar-refractivity contribution in [3.05, 3.63) is 12.7 Å². The molecule has 0 spiro atoms. The molecule has 0 aromatic rings. The Balaban J connectivity index is 2.93. The fourth-order valence-electron chi connectivity index (χ4n) is 3.20. The maximum absolute atomic E-state index is 8.70. The van der Waals surface area contributed by atoms with Crippen molar-refractivity contribution in [2.75, 3.05) is 6.61 Å². The van der Waals surface area contributed by atoms with Gasteiger partial charge in [0.2, 0.25) is 0 Å². The number of unbranched alkanes of at least 4 members (excludes halogenated alkanes) is 18. The molecule has 1 nitrogen and oxygen atoms in total. The van der Waals surface area contributed by atoms with Gasteiger partial charge < -0.3 is 5.11 Å². The van der Waals surface area contributed by atoms with Crippen LogP contribution in [-0.4, -0.2) is 11.7 Å². The van der Waals surface area contributed by atoms with Gasteiger partial charge in [0.25, 0.3) is 0 Å². The van der Waals surface area contributed by atoms with Gasteiger partial charge in [-0.15, -0.1) is 0 Å². The van der Waals surface area contributed by atoms with E-state index in [9.17, 15) is 0 Å². The monoisotopic (exact) mass is 323 g/mol. The van der Waals surface area contributed by atoms with Crippen LogP contribution in [0.5, 0.6) is 0 Å². The summed E-state index contributed by atoms with van der Waals surface area (Å²) in [6, 6.07) is 0. The second-order valence-corrected chi connectivity index (χ2v) is 7.11. The Hall–Kier alpha value is -0.300. The fraction of sp³-hybridized carbons (Fsp3) is 0.909. The smallest absolute Gasteiger partial charge is 0.0431 e. The Morgan fingerprint density at radius 3 is 0.957 bits per heavy atom. The molecule has 0 aromatic carbocycles. The molecule has 23 heavy (non-hydrogen) atoms. The lowest BCUT2D eigenvalue weighted by Gasteiger charge is -2.03. The molecule has 0 aliphatic carbocycles. The van der Waals surface area contributed by atoms with Gasteiger partial charge in [0, 0.05) is 6.61 Å². The zero-order chi connectivity index (χ0) is 16.8. The summed E-state index contributed by atoms with van der Waals surface area (Å²) in [6.45, 7) is 5.74. The molecule has 0 bridgehead atoms. The van der Waals surface area contributed by atoms with Crippen molar-refractivity contribution in [2.45, 2.75) is 122 Å². The number of hydrogen-bond acceptors (Lipinski definition) is 1. The van der Waals surface area contributed by atoms with E-state index in [-0.39, 0.29) is 0 Å².